The summed E-state index contributed by atoms with van der Waals surface area (Å²) in [5, 5.41) is 11.6. The van der Waals surface area contributed by atoms with E-state index in [0.717, 1.165) is 16.8 Å². The standard InChI is InChI=1S/C21H21N3O4S/c1-12-4-5-13(2)16(10-12)23-21-24(3)19(26)17(29-21)11-18(25)22-15-8-6-14(7-9-15)20(27)28/h4-10,17H,11H2,1-3H3,(H,22,25)(H,27,28)/t17-/m1/s1. The van der Waals surface area contributed by atoms with Crippen LogP contribution in [0.15, 0.2) is 47.5 Å². The highest BCUT2D eigenvalue weighted by atomic mass is 32.2. The summed E-state index contributed by atoms with van der Waals surface area (Å²) < 4.78 is 0. The molecule has 1 aliphatic heterocycles. The smallest absolute Gasteiger partial charge is 0.335 e. The number of aliphatic imine (C=N–C) groups is 1. The Morgan fingerprint density at radius 3 is 2.52 bits per heavy atom. The molecule has 1 fully saturated rings. The number of nitrogens with one attached hydrogen (secondary N) is 1. The first-order chi connectivity index (χ1) is 13.7. The minimum absolute atomic E-state index is 0.000339. The van der Waals surface area contributed by atoms with Gasteiger partial charge in [-0.3, -0.25) is 14.5 Å². The zero-order valence-corrected chi connectivity index (χ0v) is 17.1. The van der Waals surface area contributed by atoms with E-state index in [-0.39, 0.29) is 23.8 Å². The van der Waals surface area contributed by atoms with E-state index in [1.807, 2.05) is 32.0 Å². The Kier molecular flexibility index (Phi) is 6.03. The summed E-state index contributed by atoms with van der Waals surface area (Å²) in [7, 11) is 1.65. The van der Waals surface area contributed by atoms with Crippen LogP contribution in [0.3, 0.4) is 0 Å². The number of hydrogen-bond donors (Lipinski definition) is 2. The lowest BCUT2D eigenvalue weighted by molar-refractivity contribution is -0.127. The second kappa shape index (κ2) is 8.48. The van der Waals surface area contributed by atoms with E-state index in [1.54, 1.807) is 7.05 Å². The predicted molar refractivity (Wildman–Crippen MR) is 114 cm³/mol. The molecule has 0 bridgehead atoms. The molecular formula is C21H21N3O4S. The Morgan fingerprint density at radius 2 is 1.86 bits per heavy atom. The highest BCUT2D eigenvalue weighted by molar-refractivity contribution is 8.15. The van der Waals surface area contributed by atoms with Crippen molar-refractivity contribution < 1.29 is 19.5 Å². The van der Waals surface area contributed by atoms with Crippen molar-refractivity contribution in [2.24, 2.45) is 4.99 Å². The van der Waals surface area contributed by atoms with Crippen LogP contribution in [0.5, 0.6) is 0 Å². The average Bonchev–Trinajstić information content (AvgIpc) is 2.93. The molecule has 0 aromatic heterocycles. The van der Waals surface area contributed by atoms with Crippen molar-refractivity contribution in [3.8, 4) is 0 Å². The molecule has 3 rings (SSSR count). The van der Waals surface area contributed by atoms with Crippen molar-refractivity contribution in [3.63, 3.8) is 0 Å². The van der Waals surface area contributed by atoms with Gasteiger partial charge in [-0.25, -0.2) is 9.79 Å². The molecule has 0 saturated carbocycles. The van der Waals surface area contributed by atoms with Crippen LogP contribution < -0.4 is 5.32 Å². The molecule has 0 spiro atoms. The number of carboxylic acid groups (broad SMARTS) is 1. The maximum absolute atomic E-state index is 12.5. The van der Waals surface area contributed by atoms with Crippen molar-refractivity contribution in [2.45, 2.75) is 25.5 Å². The number of amidine groups is 1. The molecule has 2 aromatic rings. The zero-order valence-electron chi connectivity index (χ0n) is 16.3. The average molecular weight is 411 g/mol. The van der Waals surface area contributed by atoms with Gasteiger partial charge >= 0.3 is 5.97 Å². The first-order valence-corrected chi connectivity index (χ1v) is 9.86. The summed E-state index contributed by atoms with van der Waals surface area (Å²) in [5.74, 6) is -1.52. The lowest BCUT2D eigenvalue weighted by Crippen LogP contribution is -2.30. The van der Waals surface area contributed by atoms with Crippen LogP contribution in [0.4, 0.5) is 11.4 Å². The molecule has 0 unspecified atom stereocenters. The van der Waals surface area contributed by atoms with Gasteiger partial charge in [-0.15, -0.1) is 0 Å². The maximum Gasteiger partial charge on any atom is 0.335 e. The Hall–Kier alpha value is -3.13. The van der Waals surface area contributed by atoms with Crippen LogP contribution in [0.25, 0.3) is 0 Å². The number of aryl methyl sites for hydroxylation is 2. The van der Waals surface area contributed by atoms with Crippen LogP contribution >= 0.6 is 11.8 Å². The van der Waals surface area contributed by atoms with E-state index >= 15 is 0 Å². The molecule has 8 heteroatoms. The van der Waals surface area contributed by atoms with Crippen molar-refractivity contribution in [1.29, 1.82) is 0 Å². The highest BCUT2D eigenvalue weighted by Gasteiger charge is 2.37. The summed E-state index contributed by atoms with van der Waals surface area (Å²) >= 11 is 1.27. The van der Waals surface area contributed by atoms with Crippen LogP contribution in [0.1, 0.15) is 27.9 Å². The number of anilines is 1. The molecule has 1 saturated heterocycles. The monoisotopic (exact) mass is 411 g/mol. The Balaban J connectivity index is 1.67. The quantitative estimate of drug-likeness (QED) is 0.783. The van der Waals surface area contributed by atoms with E-state index in [1.165, 1.54) is 40.9 Å². The molecule has 2 aromatic carbocycles. The minimum Gasteiger partial charge on any atom is -0.478 e. The van der Waals surface area contributed by atoms with Gasteiger partial charge in [0.05, 0.1) is 11.3 Å². The van der Waals surface area contributed by atoms with E-state index in [2.05, 4.69) is 10.3 Å². The lowest BCUT2D eigenvalue weighted by Gasteiger charge is -2.10. The summed E-state index contributed by atoms with van der Waals surface area (Å²) in [5.41, 5.74) is 3.51. The number of carboxylic acids is 1. The Labute approximate surface area is 172 Å². The van der Waals surface area contributed by atoms with E-state index in [9.17, 15) is 14.4 Å². The third-order valence-corrected chi connectivity index (χ3v) is 5.74. The molecular weight excluding hydrogens is 390 g/mol. The van der Waals surface area contributed by atoms with Crippen LogP contribution in [-0.2, 0) is 9.59 Å². The molecule has 2 N–H and O–H groups in total. The van der Waals surface area contributed by atoms with Gasteiger partial charge in [-0.05, 0) is 55.3 Å². The van der Waals surface area contributed by atoms with Crippen LogP contribution in [-0.4, -0.2) is 45.3 Å². The van der Waals surface area contributed by atoms with Gasteiger partial charge in [-0.2, -0.15) is 0 Å². The molecule has 1 heterocycles. The Morgan fingerprint density at radius 1 is 1.17 bits per heavy atom. The van der Waals surface area contributed by atoms with Crippen molar-refractivity contribution >= 4 is 46.1 Å². The maximum atomic E-state index is 12.5. The van der Waals surface area contributed by atoms with E-state index < -0.39 is 11.2 Å². The highest BCUT2D eigenvalue weighted by Crippen LogP contribution is 2.32. The third-order valence-electron chi connectivity index (χ3n) is 4.51. The van der Waals surface area contributed by atoms with Crippen molar-refractivity contribution in [3.05, 3.63) is 59.2 Å². The number of hydrogen-bond acceptors (Lipinski definition) is 5. The van der Waals surface area contributed by atoms with Gasteiger partial charge in [0.2, 0.25) is 11.8 Å². The van der Waals surface area contributed by atoms with Crippen molar-refractivity contribution in [1.82, 2.24) is 4.90 Å². The van der Waals surface area contributed by atoms with Gasteiger partial charge in [0, 0.05) is 19.2 Å². The molecule has 150 valence electrons. The SMILES string of the molecule is Cc1ccc(C)c(N=C2S[C@H](CC(=O)Nc3ccc(C(=O)O)cc3)C(=O)N2C)c1. The Bertz CT molecular complexity index is 1000. The number of thioether (sulfide) groups is 1. The fourth-order valence-corrected chi connectivity index (χ4v) is 3.96. The van der Waals surface area contributed by atoms with Gasteiger partial charge in [0.1, 0.15) is 5.25 Å². The second-order valence-corrected chi connectivity index (χ2v) is 7.99. The van der Waals surface area contributed by atoms with Gasteiger partial charge in [0.15, 0.2) is 5.17 Å². The van der Waals surface area contributed by atoms with Gasteiger partial charge in [0.25, 0.3) is 0 Å². The van der Waals surface area contributed by atoms with E-state index in [0.29, 0.717) is 10.9 Å². The molecule has 0 aliphatic carbocycles. The topological polar surface area (TPSA) is 99.1 Å². The van der Waals surface area contributed by atoms with Crippen LogP contribution in [0, 0.1) is 13.8 Å². The number of aromatic carboxylic acids is 1. The minimum atomic E-state index is -1.03. The molecule has 2 amide bonds. The number of carbonyl (C=O) groups is 3. The number of carbonyl (C=O) groups excluding carboxylic acids is 2. The molecule has 29 heavy (non-hydrogen) atoms. The fourth-order valence-electron chi connectivity index (χ4n) is 2.82. The summed E-state index contributed by atoms with van der Waals surface area (Å²) in [4.78, 5) is 41.9. The number of nitrogens with zero attached hydrogens (tertiary/aromatic N) is 2. The fraction of sp³-hybridized carbons (Fsp3) is 0.238. The summed E-state index contributed by atoms with van der Waals surface area (Å²) in [6, 6.07) is 11.8. The largest absolute Gasteiger partial charge is 0.478 e. The summed E-state index contributed by atoms with van der Waals surface area (Å²) in [6.07, 6.45) is 0.000339. The lowest BCUT2D eigenvalue weighted by atomic mass is 10.1. The second-order valence-electron chi connectivity index (χ2n) is 6.82. The van der Waals surface area contributed by atoms with Gasteiger partial charge in [-0.1, -0.05) is 23.9 Å². The van der Waals surface area contributed by atoms with Crippen molar-refractivity contribution in [2.75, 3.05) is 12.4 Å². The zero-order chi connectivity index (χ0) is 21.1. The number of benzene rings is 2. The van der Waals surface area contributed by atoms with E-state index in [4.69, 9.17) is 5.11 Å². The van der Waals surface area contributed by atoms with Crippen LogP contribution in [0.2, 0.25) is 0 Å². The first kappa shape index (κ1) is 20.6. The third kappa shape index (κ3) is 4.83. The molecule has 1 aliphatic rings. The molecule has 0 radical (unpaired) electrons. The normalized spacial score (nSPS) is 17.6. The predicted octanol–water partition coefficient (Wildman–Crippen LogP) is 3.59. The number of rotatable bonds is 5. The first-order valence-electron chi connectivity index (χ1n) is 8.98. The van der Waals surface area contributed by atoms with Gasteiger partial charge < -0.3 is 10.4 Å². The number of amides is 2. The molecule has 1 atom stereocenters. The molecule has 7 nitrogen and oxygen atoms in total. The summed E-state index contributed by atoms with van der Waals surface area (Å²) in [6.45, 7) is 3.94.